The highest BCUT2D eigenvalue weighted by atomic mass is 16.3. The van der Waals surface area contributed by atoms with Gasteiger partial charge < -0.3 is 14.2 Å². The molecular weight excluding hydrogens is 298 g/mol. The summed E-state index contributed by atoms with van der Waals surface area (Å²) in [6.45, 7) is 8.86. The number of aryl methyl sites for hydroxylation is 1. The number of aromatic nitrogens is 1. The van der Waals surface area contributed by atoms with Crippen molar-refractivity contribution in [3.05, 3.63) is 48.4 Å². The van der Waals surface area contributed by atoms with E-state index in [1.165, 1.54) is 11.3 Å². The standard InChI is InChI=1S/C20H23N3O/c1-5-15-8-9-16-17-7-6-10-21-20(17)24-19(16)18(15)23-12-11-22(13(2)3)14(23)4/h6-14H,5H2,1-4H3/t14-/m0/s1. The topological polar surface area (TPSA) is 32.5 Å². The van der Waals surface area contributed by atoms with Crippen molar-refractivity contribution in [2.45, 2.75) is 46.3 Å². The molecule has 4 rings (SSSR count). The molecule has 0 aliphatic carbocycles. The second-order valence-corrected chi connectivity index (χ2v) is 6.64. The van der Waals surface area contributed by atoms with Crippen LogP contribution >= 0.6 is 0 Å². The molecule has 3 heterocycles. The third kappa shape index (κ3) is 2.09. The minimum Gasteiger partial charge on any atom is -0.435 e. The highest BCUT2D eigenvalue weighted by molar-refractivity contribution is 6.08. The quantitative estimate of drug-likeness (QED) is 0.687. The van der Waals surface area contributed by atoms with Crippen LogP contribution in [0.4, 0.5) is 5.69 Å². The minimum atomic E-state index is 0.266. The first kappa shape index (κ1) is 15.1. The minimum absolute atomic E-state index is 0.266. The molecule has 2 aromatic heterocycles. The first-order chi connectivity index (χ1) is 11.6. The number of anilines is 1. The van der Waals surface area contributed by atoms with Crippen molar-refractivity contribution >= 4 is 27.8 Å². The van der Waals surface area contributed by atoms with E-state index in [2.05, 4.69) is 73.1 Å². The number of furan rings is 1. The lowest BCUT2D eigenvalue weighted by Gasteiger charge is -2.33. The van der Waals surface area contributed by atoms with Gasteiger partial charge >= 0.3 is 0 Å². The molecule has 0 N–H and O–H groups in total. The molecule has 1 aliphatic heterocycles. The summed E-state index contributed by atoms with van der Waals surface area (Å²) in [6, 6.07) is 8.88. The van der Waals surface area contributed by atoms with Gasteiger partial charge in [0.1, 0.15) is 6.17 Å². The van der Waals surface area contributed by atoms with Gasteiger partial charge in [0.25, 0.3) is 0 Å². The van der Waals surface area contributed by atoms with Crippen LogP contribution in [-0.2, 0) is 6.42 Å². The number of rotatable bonds is 3. The molecule has 1 aliphatic rings. The van der Waals surface area contributed by atoms with Gasteiger partial charge in [-0.1, -0.05) is 13.0 Å². The highest BCUT2D eigenvalue weighted by Crippen LogP contribution is 2.39. The lowest BCUT2D eigenvalue weighted by atomic mass is 10.1. The number of hydrogen-bond acceptors (Lipinski definition) is 4. The maximum atomic E-state index is 6.18. The van der Waals surface area contributed by atoms with Crippen LogP contribution in [0, 0.1) is 0 Å². The van der Waals surface area contributed by atoms with E-state index in [0.717, 1.165) is 22.8 Å². The van der Waals surface area contributed by atoms with Crippen molar-refractivity contribution in [3.8, 4) is 0 Å². The van der Waals surface area contributed by atoms with E-state index in [1.807, 2.05) is 6.07 Å². The van der Waals surface area contributed by atoms with Crippen molar-refractivity contribution in [1.82, 2.24) is 9.88 Å². The van der Waals surface area contributed by atoms with E-state index in [1.54, 1.807) is 6.20 Å². The van der Waals surface area contributed by atoms with Crippen LogP contribution in [0.2, 0.25) is 0 Å². The van der Waals surface area contributed by atoms with E-state index in [4.69, 9.17) is 4.42 Å². The Kier molecular flexibility index (Phi) is 3.48. The predicted octanol–water partition coefficient (Wildman–Crippen LogP) is 4.89. The van der Waals surface area contributed by atoms with Crippen LogP contribution in [0.1, 0.15) is 33.3 Å². The second-order valence-electron chi connectivity index (χ2n) is 6.64. The summed E-state index contributed by atoms with van der Waals surface area (Å²) in [5.74, 6) is 0. The largest absolute Gasteiger partial charge is 0.435 e. The van der Waals surface area contributed by atoms with Gasteiger partial charge in [0.05, 0.1) is 5.69 Å². The normalized spacial score (nSPS) is 17.8. The monoisotopic (exact) mass is 321 g/mol. The van der Waals surface area contributed by atoms with Crippen LogP contribution in [0.5, 0.6) is 0 Å². The first-order valence-electron chi connectivity index (χ1n) is 8.65. The summed E-state index contributed by atoms with van der Waals surface area (Å²) < 4.78 is 6.18. The van der Waals surface area contributed by atoms with Gasteiger partial charge in [0.15, 0.2) is 5.58 Å². The predicted molar refractivity (Wildman–Crippen MR) is 98.9 cm³/mol. The van der Waals surface area contributed by atoms with Gasteiger partial charge in [0.2, 0.25) is 5.71 Å². The summed E-state index contributed by atoms with van der Waals surface area (Å²) in [4.78, 5) is 9.07. The Balaban J connectivity index is 1.95. The van der Waals surface area contributed by atoms with Crippen molar-refractivity contribution in [1.29, 1.82) is 0 Å². The molecular formula is C20H23N3O. The molecule has 0 saturated heterocycles. The summed E-state index contributed by atoms with van der Waals surface area (Å²) in [5.41, 5.74) is 4.10. The zero-order valence-corrected chi connectivity index (χ0v) is 14.7. The summed E-state index contributed by atoms with van der Waals surface area (Å²) >= 11 is 0. The maximum absolute atomic E-state index is 6.18. The Morgan fingerprint density at radius 2 is 2.00 bits per heavy atom. The Bertz CT molecular complexity index is 925. The van der Waals surface area contributed by atoms with E-state index in [-0.39, 0.29) is 6.17 Å². The molecule has 4 nitrogen and oxygen atoms in total. The molecule has 124 valence electrons. The molecule has 0 bridgehead atoms. The van der Waals surface area contributed by atoms with Gasteiger partial charge in [-0.15, -0.1) is 0 Å². The smallest absolute Gasteiger partial charge is 0.227 e. The number of pyridine rings is 1. The molecule has 0 spiro atoms. The van der Waals surface area contributed by atoms with Crippen LogP contribution in [0.25, 0.3) is 22.1 Å². The molecule has 0 amide bonds. The Morgan fingerprint density at radius 1 is 1.17 bits per heavy atom. The van der Waals surface area contributed by atoms with Crippen LogP contribution in [0.3, 0.4) is 0 Å². The molecule has 0 saturated carbocycles. The highest BCUT2D eigenvalue weighted by Gasteiger charge is 2.29. The van der Waals surface area contributed by atoms with Gasteiger partial charge in [-0.25, -0.2) is 4.98 Å². The zero-order valence-electron chi connectivity index (χ0n) is 14.7. The SMILES string of the molecule is CCc1ccc2c(oc3ncccc32)c1N1C=CN(C(C)C)[C@@H]1C. The number of nitrogens with zero attached hydrogens (tertiary/aromatic N) is 3. The molecule has 0 radical (unpaired) electrons. The van der Waals surface area contributed by atoms with Crippen LogP contribution in [-0.4, -0.2) is 22.1 Å². The van der Waals surface area contributed by atoms with Gasteiger partial charge in [-0.3, -0.25) is 0 Å². The van der Waals surface area contributed by atoms with E-state index >= 15 is 0 Å². The van der Waals surface area contributed by atoms with E-state index in [0.29, 0.717) is 11.8 Å². The zero-order chi connectivity index (χ0) is 16.8. The summed E-state index contributed by atoms with van der Waals surface area (Å²) in [6.07, 6.45) is 7.36. The van der Waals surface area contributed by atoms with Crippen molar-refractivity contribution in [2.24, 2.45) is 0 Å². The summed E-state index contributed by atoms with van der Waals surface area (Å²) in [5, 5.41) is 2.21. The van der Waals surface area contributed by atoms with Crippen molar-refractivity contribution < 1.29 is 4.42 Å². The third-order valence-electron chi connectivity index (χ3n) is 4.94. The van der Waals surface area contributed by atoms with Gasteiger partial charge in [-0.05, 0) is 51.0 Å². The molecule has 24 heavy (non-hydrogen) atoms. The average molecular weight is 321 g/mol. The first-order valence-corrected chi connectivity index (χ1v) is 8.65. The van der Waals surface area contributed by atoms with E-state index in [9.17, 15) is 0 Å². The molecule has 0 unspecified atom stereocenters. The van der Waals surface area contributed by atoms with E-state index < -0.39 is 0 Å². The Labute approximate surface area is 142 Å². The maximum Gasteiger partial charge on any atom is 0.227 e. The molecule has 0 fully saturated rings. The van der Waals surface area contributed by atoms with Gasteiger partial charge in [-0.2, -0.15) is 0 Å². The molecule has 4 heteroatoms. The molecule has 3 aromatic rings. The van der Waals surface area contributed by atoms with Crippen LogP contribution in [0.15, 0.2) is 47.3 Å². The average Bonchev–Trinajstić information content (AvgIpc) is 3.14. The van der Waals surface area contributed by atoms with Crippen molar-refractivity contribution in [3.63, 3.8) is 0 Å². The molecule has 1 aromatic carbocycles. The lowest BCUT2D eigenvalue weighted by molar-refractivity contribution is 0.263. The van der Waals surface area contributed by atoms with Crippen LogP contribution < -0.4 is 4.90 Å². The van der Waals surface area contributed by atoms with Gasteiger partial charge in [0, 0.05) is 35.4 Å². The number of benzene rings is 1. The Morgan fingerprint density at radius 3 is 2.71 bits per heavy atom. The lowest BCUT2D eigenvalue weighted by Crippen LogP contribution is -2.39. The number of fused-ring (bicyclic) bond motifs is 3. The second kappa shape index (κ2) is 5.55. The summed E-state index contributed by atoms with van der Waals surface area (Å²) in [7, 11) is 0. The third-order valence-corrected chi connectivity index (χ3v) is 4.94. The Hall–Kier alpha value is -2.49. The fourth-order valence-corrected chi connectivity index (χ4v) is 3.68. The molecule has 1 atom stereocenters. The fourth-order valence-electron chi connectivity index (χ4n) is 3.68. The fraction of sp³-hybridized carbons (Fsp3) is 0.350. The van der Waals surface area contributed by atoms with Crippen molar-refractivity contribution in [2.75, 3.05) is 4.90 Å². The number of hydrogen-bond donors (Lipinski definition) is 0.